The molecule has 6 heteroatoms. The zero-order valence-corrected chi connectivity index (χ0v) is 10.2. The van der Waals surface area contributed by atoms with Gasteiger partial charge in [0.25, 0.3) is 5.91 Å². The summed E-state index contributed by atoms with van der Waals surface area (Å²) in [6.07, 6.45) is 1.81. The summed E-state index contributed by atoms with van der Waals surface area (Å²) in [6, 6.07) is 5.27. The first kappa shape index (κ1) is 12.0. The molecule has 0 aliphatic rings. The van der Waals surface area contributed by atoms with Gasteiger partial charge in [-0.2, -0.15) is 0 Å². The van der Waals surface area contributed by atoms with Crippen molar-refractivity contribution < 1.29 is 4.79 Å². The first-order valence-electron chi connectivity index (χ1n) is 4.84. The third-order valence-corrected chi connectivity index (χ3v) is 3.01. The highest BCUT2D eigenvalue weighted by atomic mass is 35.5. The van der Waals surface area contributed by atoms with Crippen LogP contribution in [0.25, 0.3) is 0 Å². The van der Waals surface area contributed by atoms with E-state index in [1.807, 2.05) is 0 Å². The van der Waals surface area contributed by atoms with Crippen molar-refractivity contribution in [3.8, 4) is 0 Å². The molecule has 0 atom stereocenters. The molecule has 0 bridgehead atoms. The second-order valence-electron chi connectivity index (χ2n) is 3.48. The number of benzene rings is 1. The molecule has 0 fully saturated rings. The predicted molar refractivity (Wildman–Crippen MR) is 66.4 cm³/mol. The number of amides is 1. The van der Waals surface area contributed by atoms with Gasteiger partial charge in [0.15, 0.2) is 0 Å². The second-order valence-corrected chi connectivity index (χ2v) is 4.30. The van der Waals surface area contributed by atoms with Gasteiger partial charge in [0.1, 0.15) is 11.5 Å². The van der Waals surface area contributed by atoms with Crippen LogP contribution >= 0.6 is 23.2 Å². The molecule has 0 saturated heterocycles. The van der Waals surface area contributed by atoms with E-state index in [0.717, 1.165) is 5.56 Å². The molecule has 0 aliphatic carbocycles. The Morgan fingerprint density at radius 2 is 2.00 bits per heavy atom. The number of imidazole rings is 1. The van der Waals surface area contributed by atoms with Gasteiger partial charge in [-0.05, 0) is 17.7 Å². The molecule has 2 aromatic rings. The number of aromatic nitrogens is 2. The van der Waals surface area contributed by atoms with Gasteiger partial charge in [0, 0.05) is 16.5 Å². The van der Waals surface area contributed by atoms with Crippen LogP contribution in [0.4, 0.5) is 0 Å². The molecule has 0 radical (unpaired) electrons. The van der Waals surface area contributed by atoms with E-state index in [-0.39, 0.29) is 5.69 Å². The number of carbonyl (C=O) groups excluding carboxylic acids is 1. The zero-order valence-electron chi connectivity index (χ0n) is 8.71. The highest BCUT2D eigenvalue weighted by Gasteiger charge is 2.10. The maximum absolute atomic E-state index is 10.9. The molecular formula is C11H9Cl2N3O. The van der Waals surface area contributed by atoms with Crippen LogP contribution in [-0.4, -0.2) is 15.9 Å². The maximum Gasteiger partial charge on any atom is 0.266 e. The number of primary amides is 1. The van der Waals surface area contributed by atoms with E-state index >= 15 is 0 Å². The van der Waals surface area contributed by atoms with Gasteiger partial charge >= 0.3 is 0 Å². The van der Waals surface area contributed by atoms with Crippen LogP contribution in [0.1, 0.15) is 21.9 Å². The number of halogens is 2. The van der Waals surface area contributed by atoms with E-state index < -0.39 is 5.91 Å². The minimum absolute atomic E-state index is 0.267. The molecule has 4 nitrogen and oxygen atoms in total. The first-order chi connectivity index (χ1) is 8.08. The summed E-state index contributed by atoms with van der Waals surface area (Å²) < 4.78 is 0. The quantitative estimate of drug-likeness (QED) is 0.898. The Labute approximate surface area is 108 Å². The van der Waals surface area contributed by atoms with Crippen LogP contribution in [0.15, 0.2) is 24.4 Å². The summed E-state index contributed by atoms with van der Waals surface area (Å²) in [7, 11) is 0. The van der Waals surface area contributed by atoms with E-state index in [1.165, 1.54) is 6.20 Å². The third-order valence-electron chi connectivity index (χ3n) is 2.30. The zero-order chi connectivity index (χ0) is 12.4. The predicted octanol–water partition coefficient (Wildman–Crippen LogP) is 2.41. The summed E-state index contributed by atoms with van der Waals surface area (Å²) in [5.41, 5.74) is 6.15. The van der Waals surface area contributed by atoms with Gasteiger partial charge in [0.05, 0.1) is 6.20 Å². The summed E-state index contributed by atoms with van der Waals surface area (Å²) >= 11 is 12.1. The Morgan fingerprint density at radius 3 is 2.53 bits per heavy atom. The van der Waals surface area contributed by atoms with Crippen LogP contribution in [0, 0.1) is 0 Å². The monoisotopic (exact) mass is 269 g/mol. The SMILES string of the molecule is NC(=O)c1cnc(Cc2c(Cl)cccc2Cl)[nH]1. The van der Waals surface area contributed by atoms with Gasteiger partial charge in [-0.3, -0.25) is 4.79 Å². The van der Waals surface area contributed by atoms with Crippen molar-refractivity contribution in [2.75, 3.05) is 0 Å². The van der Waals surface area contributed by atoms with Gasteiger partial charge in [-0.25, -0.2) is 4.98 Å². The van der Waals surface area contributed by atoms with Crippen LogP contribution in [0.3, 0.4) is 0 Å². The fourth-order valence-electron chi connectivity index (χ4n) is 1.45. The van der Waals surface area contributed by atoms with Crippen molar-refractivity contribution in [2.45, 2.75) is 6.42 Å². The van der Waals surface area contributed by atoms with Gasteiger partial charge in [0.2, 0.25) is 0 Å². The Morgan fingerprint density at radius 1 is 1.35 bits per heavy atom. The lowest BCUT2D eigenvalue weighted by Crippen LogP contribution is -2.11. The second kappa shape index (κ2) is 4.77. The number of carbonyl (C=O) groups is 1. The van der Waals surface area contributed by atoms with Crippen LogP contribution < -0.4 is 5.73 Å². The van der Waals surface area contributed by atoms with Crippen molar-refractivity contribution >= 4 is 29.1 Å². The number of nitrogens with two attached hydrogens (primary N) is 1. The molecule has 3 N–H and O–H groups in total. The highest BCUT2D eigenvalue weighted by Crippen LogP contribution is 2.25. The lowest BCUT2D eigenvalue weighted by Gasteiger charge is -2.04. The Bertz CT molecular complexity index is 545. The summed E-state index contributed by atoms with van der Waals surface area (Å²) in [5, 5.41) is 1.13. The fourth-order valence-corrected chi connectivity index (χ4v) is 1.98. The molecule has 1 aromatic heterocycles. The summed E-state index contributed by atoms with van der Waals surface area (Å²) in [4.78, 5) is 17.8. The smallest absolute Gasteiger partial charge is 0.266 e. The van der Waals surface area contributed by atoms with Crippen LogP contribution in [-0.2, 0) is 6.42 Å². The third kappa shape index (κ3) is 2.60. The first-order valence-corrected chi connectivity index (χ1v) is 5.60. The average molecular weight is 270 g/mol. The lowest BCUT2D eigenvalue weighted by molar-refractivity contribution is 0.0996. The Balaban J connectivity index is 2.28. The molecule has 1 amide bonds. The number of aromatic amines is 1. The summed E-state index contributed by atoms with van der Waals surface area (Å²) in [5.74, 6) is 0.0443. The fraction of sp³-hybridized carbons (Fsp3) is 0.0909. The molecule has 0 aliphatic heterocycles. The number of hydrogen-bond acceptors (Lipinski definition) is 2. The molecule has 0 saturated carbocycles. The Hall–Kier alpha value is -1.52. The number of rotatable bonds is 3. The maximum atomic E-state index is 10.9. The van der Waals surface area contributed by atoms with Crippen molar-refractivity contribution in [1.29, 1.82) is 0 Å². The molecule has 0 unspecified atom stereocenters. The summed E-state index contributed by atoms with van der Waals surface area (Å²) in [6.45, 7) is 0. The molecular weight excluding hydrogens is 261 g/mol. The largest absolute Gasteiger partial charge is 0.364 e. The molecule has 1 aromatic carbocycles. The van der Waals surface area contributed by atoms with Crippen molar-refractivity contribution in [3.63, 3.8) is 0 Å². The number of nitrogens with zero attached hydrogens (tertiary/aromatic N) is 1. The number of nitrogens with one attached hydrogen (secondary N) is 1. The van der Waals surface area contributed by atoms with E-state index in [0.29, 0.717) is 22.3 Å². The number of hydrogen-bond donors (Lipinski definition) is 2. The van der Waals surface area contributed by atoms with E-state index in [2.05, 4.69) is 9.97 Å². The number of H-pyrrole nitrogens is 1. The van der Waals surface area contributed by atoms with Crippen molar-refractivity contribution in [2.24, 2.45) is 5.73 Å². The van der Waals surface area contributed by atoms with E-state index in [4.69, 9.17) is 28.9 Å². The minimum atomic E-state index is -0.547. The van der Waals surface area contributed by atoms with E-state index in [9.17, 15) is 4.79 Å². The topological polar surface area (TPSA) is 71.8 Å². The Kier molecular flexibility index (Phi) is 3.36. The lowest BCUT2D eigenvalue weighted by atomic mass is 10.1. The van der Waals surface area contributed by atoms with Gasteiger partial charge < -0.3 is 10.7 Å². The van der Waals surface area contributed by atoms with Crippen LogP contribution in [0.2, 0.25) is 10.0 Å². The molecule has 17 heavy (non-hydrogen) atoms. The highest BCUT2D eigenvalue weighted by molar-refractivity contribution is 6.36. The van der Waals surface area contributed by atoms with Crippen molar-refractivity contribution in [1.82, 2.24) is 9.97 Å². The van der Waals surface area contributed by atoms with E-state index in [1.54, 1.807) is 18.2 Å². The molecule has 2 rings (SSSR count). The standard InChI is InChI=1S/C11H9Cl2N3O/c12-7-2-1-3-8(13)6(7)4-10-15-5-9(16-10)11(14)17/h1-3,5H,4H2,(H2,14,17)(H,15,16). The van der Waals surface area contributed by atoms with Gasteiger partial charge in [-0.15, -0.1) is 0 Å². The minimum Gasteiger partial charge on any atom is -0.364 e. The van der Waals surface area contributed by atoms with Gasteiger partial charge in [-0.1, -0.05) is 29.3 Å². The normalized spacial score (nSPS) is 10.5. The molecule has 1 heterocycles. The average Bonchev–Trinajstić information content (AvgIpc) is 2.72. The van der Waals surface area contributed by atoms with Crippen LogP contribution in [0.5, 0.6) is 0 Å². The molecule has 88 valence electrons. The van der Waals surface area contributed by atoms with Crippen molar-refractivity contribution in [3.05, 3.63) is 51.5 Å². The molecule has 0 spiro atoms.